The van der Waals surface area contributed by atoms with E-state index in [0.717, 1.165) is 6.54 Å². The second-order valence-corrected chi connectivity index (χ2v) is 3.12. The molecule has 1 aromatic heterocycles. The maximum absolute atomic E-state index is 4.00. The van der Waals surface area contributed by atoms with Crippen LogP contribution in [0.4, 0.5) is 0 Å². The molecule has 0 aliphatic carbocycles. The molecule has 3 heteroatoms. The molecule has 0 spiro atoms. The normalized spacial score (nSPS) is 24.3. The van der Waals surface area contributed by atoms with Gasteiger partial charge in [-0.1, -0.05) is 0 Å². The molecule has 2 N–H and O–H groups in total. The number of aromatic amines is 1. The van der Waals surface area contributed by atoms with Crippen molar-refractivity contribution in [1.29, 1.82) is 0 Å². The Morgan fingerprint density at radius 1 is 1.64 bits per heavy atom. The number of hydrogen-bond donors (Lipinski definition) is 2. The van der Waals surface area contributed by atoms with Crippen LogP contribution in [-0.4, -0.2) is 16.7 Å². The van der Waals surface area contributed by atoms with Gasteiger partial charge in [0.2, 0.25) is 0 Å². The molecular weight excluding hydrogens is 138 g/mol. The summed E-state index contributed by atoms with van der Waals surface area (Å²) in [5.41, 5.74) is 2.53. The van der Waals surface area contributed by atoms with Gasteiger partial charge in [-0.25, -0.2) is 0 Å². The van der Waals surface area contributed by atoms with Crippen molar-refractivity contribution in [3.8, 4) is 0 Å². The number of H-pyrrole nitrogens is 1. The Bertz CT molecular complexity index is 235. The van der Waals surface area contributed by atoms with Gasteiger partial charge in [-0.2, -0.15) is 5.10 Å². The van der Waals surface area contributed by atoms with Gasteiger partial charge in [-0.3, -0.25) is 5.10 Å². The van der Waals surface area contributed by atoms with Crippen LogP contribution in [0.5, 0.6) is 0 Å². The van der Waals surface area contributed by atoms with Crippen LogP contribution >= 0.6 is 0 Å². The highest BCUT2D eigenvalue weighted by Gasteiger charge is 2.18. The van der Waals surface area contributed by atoms with Gasteiger partial charge in [-0.05, 0) is 31.9 Å². The molecule has 0 amide bonds. The molecule has 2 rings (SSSR count). The molecule has 1 unspecified atom stereocenters. The summed E-state index contributed by atoms with van der Waals surface area (Å²) in [6.45, 7) is 3.24. The number of rotatable bonds is 1. The van der Waals surface area contributed by atoms with Gasteiger partial charge in [0, 0.05) is 6.04 Å². The molecule has 2 heterocycles. The topological polar surface area (TPSA) is 40.7 Å². The predicted octanol–water partition coefficient (Wildman–Crippen LogP) is 1.14. The lowest BCUT2D eigenvalue weighted by Gasteiger charge is -2.07. The van der Waals surface area contributed by atoms with Gasteiger partial charge in [-0.15, -0.1) is 0 Å². The van der Waals surface area contributed by atoms with Crippen LogP contribution < -0.4 is 5.32 Å². The van der Waals surface area contributed by atoms with E-state index in [4.69, 9.17) is 0 Å². The van der Waals surface area contributed by atoms with E-state index in [9.17, 15) is 0 Å². The first-order valence-corrected chi connectivity index (χ1v) is 4.11. The van der Waals surface area contributed by atoms with Gasteiger partial charge in [0.05, 0.1) is 11.9 Å². The van der Waals surface area contributed by atoms with E-state index >= 15 is 0 Å². The van der Waals surface area contributed by atoms with E-state index in [-0.39, 0.29) is 0 Å². The smallest absolute Gasteiger partial charge is 0.0550 e. The summed E-state index contributed by atoms with van der Waals surface area (Å²) in [7, 11) is 0. The highest BCUT2D eigenvalue weighted by molar-refractivity contribution is 5.18. The first kappa shape index (κ1) is 6.85. The SMILES string of the molecule is Cc1cn[nH]c1C1CCCN1. The maximum Gasteiger partial charge on any atom is 0.0550 e. The monoisotopic (exact) mass is 151 g/mol. The zero-order valence-electron chi connectivity index (χ0n) is 6.72. The number of aromatic nitrogens is 2. The number of hydrogen-bond acceptors (Lipinski definition) is 2. The van der Waals surface area contributed by atoms with E-state index in [1.165, 1.54) is 24.1 Å². The number of nitrogens with zero attached hydrogens (tertiary/aromatic N) is 1. The third kappa shape index (κ3) is 1.16. The highest BCUT2D eigenvalue weighted by atomic mass is 15.1. The van der Waals surface area contributed by atoms with Crippen molar-refractivity contribution in [2.45, 2.75) is 25.8 Å². The van der Waals surface area contributed by atoms with Crippen molar-refractivity contribution in [3.63, 3.8) is 0 Å². The zero-order chi connectivity index (χ0) is 7.68. The standard InChI is InChI=1S/C8H13N3/c1-6-5-10-11-8(6)7-3-2-4-9-7/h5,7,9H,2-4H2,1H3,(H,10,11). The van der Waals surface area contributed by atoms with E-state index in [2.05, 4.69) is 22.4 Å². The molecule has 1 fully saturated rings. The van der Waals surface area contributed by atoms with Crippen molar-refractivity contribution < 1.29 is 0 Å². The molecule has 11 heavy (non-hydrogen) atoms. The minimum Gasteiger partial charge on any atom is -0.309 e. The summed E-state index contributed by atoms with van der Waals surface area (Å²) in [5, 5.41) is 10.5. The van der Waals surface area contributed by atoms with Gasteiger partial charge in [0.1, 0.15) is 0 Å². The van der Waals surface area contributed by atoms with Crippen molar-refractivity contribution in [2.75, 3.05) is 6.54 Å². The predicted molar refractivity (Wildman–Crippen MR) is 43.3 cm³/mol. The van der Waals surface area contributed by atoms with E-state index in [0.29, 0.717) is 6.04 Å². The van der Waals surface area contributed by atoms with Crippen LogP contribution in [0.2, 0.25) is 0 Å². The van der Waals surface area contributed by atoms with Gasteiger partial charge in [0.25, 0.3) is 0 Å². The lowest BCUT2D eigenvalue weighted by atomic mass is 10.1. The number of aryl methyl sites for hydroxylation is 1. The van der Waals surface area contributed by atoms with Crippen molar-refractivity contribution in [3.05, 3.63) is 17.5 Å². The second-order valence-electron chi connectivity index (χ2n) is 3.12. The minimum atomic E-state index is 0.525. The Kier molecular flexibility index (Phi) is 1.66. The molecule has 60 valence electrons. The lowest BCUT2D eigenvalue weighted by Crippen LogP contribution is -2.14. The largest absolute Gasteiger partial charge is 0.309 e. The second kappa shape index (κ2) is 2.66. The fourth-order valence-corrected chi connectivity index (χ4v) is 1.64. The molecule has 1 aromatic rings. The molecule has 3 nitrogen and oxygen atoms in total. The minimum absolute atomic E-state index is 0.525. The Morgan fingerprint density at radius 2 is 2.55 bits per heavy atom. The summed E-state index contributed by atoms with van der Waals surface area (Å²) in [6, 6.07) is 0.525. The van der Waals surface area contributed by atoms with Crippen molar-refractivity contribution in [1.82, 2.24) is 15.5 Å². The lowest BCUT2D eigenvalue weighted by molar-refractivity contribution is 0.622. The molecule has 0 bridgehead atoms. The highest BCUT2D eigenvalue weighted by Crippen LogP contribution is 2.22. The summed E-state index contributed by atoms with van der Waals surface area (Å²) < 4.78 is 0. The van der Waals surface area contributed by atoms with Crippen molar-refractivity contribution >= 4 is 0 Å². The Morgan fingerprint density at radius 3 is 3.09 bits per heavy atom. The molecule has 1 aliphatic heterocycles. The zero-order valence-corrected chi connectivity index (χ0v) is 6.72. The summed E-state index contributed by atoms with van der Waals surface area (Å²) in [5.74, 6) is 0. The quantitative estimate of drug-likeness (QED) is 0.632. The van der Waals surface area contributed by atoms with Gasteiger partial charge >= 0.3 is 0 Å². The summed E-state index contributed by atoms with van der Waals surface area (Å²) in [4.78, 5) is 0. The number of nitrogens with one attached hydrogen (secondary N) is 2. The van der Waals surface area contributed by atoms with Crippen LogP contribution in [-0.2, 0) is 0 Å². The van der Waals surface area contributed by atoms with E-state index in [1.807, 2.05) is 6.20 Å². The average molecular weight is 151 g/mol. The first-order valence-electron chi connectivity index (χ1n) is 4.11. The Balaban J connectivity index is 2.21. The Hall–Kier alpha value is -0.830. The van der Waals surface area contributed by atoms with Crippen LogP contribution in [0.15, 0.2) is 6.20 Å². The Labute approximate surface area is 66.2 Å². The molecule has 1 saturated heterocycles. The molecule has 0 saturated carbocycles. The molecule has 0 aromatic carbocycles. The first-order chi connectivity index (χ1) is 5.38. The summed E-state index contributed by atoms with van der Waals surface area (Å²) >= 11 is 0. The van der Waals surface area contributed by atoms with Crippen LogP contribution in [0.1, 0.15) is 30.1 Å². The van der Waals surface area contributed by atoms with Crippen LogP contribution in [0.25, 0.3) is 0 Å². The fourth-order valence-electron chi connectivity index (χ4n) is 1.64. The van der Waals surface area contributed by atoms with Gasteiger partial charge < -0.3 is 5.32 Å². The van der Waals surface area contributed by atoms with E-state index < -0.39 is 0 Å². The van der Waals surface area contributed by atoms with Gasteiger partial charge in [0.15, 0.2) is 0 Å². The maximum atomic E-state index is 4.00. The van der Waals surface area contributed by atoms with Crippen LogP contribution in [0, 0.1) is 6.92 Å². The molecule has 0 radical (unpaired) electrons. The van der Waals surface area contributed by atoms with Crippen molar-refractivity contribution in [2.24, 2.45) is 0 Å². The molecule has 1 aliphatic rings. The third-order valence-corrected chi connectivity index (χ3v) is 2.28. The molecular formula is C8H13N3. The van der Waals surface area contributed by atoms with Crippen LogP contribution in [0.3, 0.4) is 0 Å². The fraction of sp³-hybridized carbons (Fsp3) is 0.625. The average Bonchev–Trinajstić information content (AvgIpc) is 2.55. The molecule has 1 atom stereocenters. The van der Waals surface area contributed by atoms with E-state index in [1.54, 1.807) is 0 Å². The third-order valence-electron chi connectivity index (χ3n) is 2.28. The summed E-state index contributed by atoms with van der Waals surface area (Å²) in [6.07, 6.45) is 4.40.